The van der Waals surface area contributed by atoms with Crippen molar-refractivity contribution in [3.63, 3.8) is 0 Å². The van der Waals surface area contributed by atoms with Crippen molar-refractivity contribution in [2.45, 2.75) is 44.5 Å². The molecule has 2 atom stereocenters. The molecule has 0 bridgehead atoms. The van der Waals surface area contributed by atoms with Crippen LogP contribution in [0.25, 0.3) is 22.0 Å². The number of carbonyl (C=O) groups excluding carboxylic acids is 1. The van der Waals surface area contributed by atoms with Gasteiger partial charge in [-0.1, -0.05) is 24.3 Å². The standard InChI is InChI=1S/C29H29F3N6O3/c1-17-9-10-19-20(6-2-8-22(19)37-25(40)15-24(39)29(30,31)32)26(17)41-27-21(7-4-13-34-27)23-11-14-35-28(38-23)36-18-5-3-12-33-16-18/h2,4,6-11,13-14,18,24,33,39H,3,5,12,15-16H2,1H3,(H,37,40)(H,35,36,38)/t18-,24+/m0/s1. The Morgan fingerprint density at radius 1 is 1.12 bits per heavy atom. The molecule has 0 unspecified atom stereocenters. The topological polar surface area (TPSA) is 121 Å². The number of rotatable bonds is 8. The lowest BCUT2D eigenvalue weighted by Crippen LogP contribution is -2.38. The Hall–Kier alpha value is -4.29. The van der Waals surface area contributed by atoms with Crippen molar-refractivity contribution in [2.24, 2.45) is 0 Å². The first-order valence-corrected chi connectivity index (χ1v) is 13.2. The molecule has 214 valence electrons. The van der Waals surface area contributed by atoms with Crippen molar-refractivity contribution in [2.75, 3.05) is 23.7 Å². The molecule has 2 aromatic carbocycles. The number of carbonyl (C=O) groups is 1. The molecule has 0 radical (unpaired) electrons. The Morgan fingerprint density at radius 2 is 1.98 bits per heavy atom. The third-order valence-electron chi connectivity index (χ3n) is 6.77. The summed E-state index contributed by atoms with van der Waals surface area (Å²) in [4.78, 5) is 25.8. The second-order valence-corrected chi connectivity index (χ2v) is 9.83. The molecule has 0 spiro atoms. The van der Waals surface area contributed by atoms with Gasteiger partial charge in [0.1, 0.15) is 5.75 Å². The van der Waals surface area contributed by atoms with Crippen LogP contribution in [-0.2, 0) is 4.79 Å². The third kappa shape index (κ3) is 6.72. The van der Waals surface area contributed by atoms with Crippen LogP contribution < -0.4 is 20.7 Å². The number of pyridine rings is 1. The molecule has 3 heterocycles. The van der Waals surface area contributed by atoms with Gasteiger partial charge in [-0.05, 0) is 56.1 Å². The SMILES string of the molecule is Cc1ccc2c(NC(=O)C[C@@H](O)C(F)(F)F)cccc2c1Oc1ncccc1-c1ccnc(N[C@H]2CCCNC2)n1. The van der Waals surface area contributed by atoms with E-state index in [1.54, 1.807) is 54.9 Å². The highest BCUT2D eigenvalue weighted by Crippen LogP contribution is 2.38. The molecule has 2 aromatic heterocycles. The van der Waals surface area contributed by atoms with Crippen LogP contribution in [0.3, 0.4) is 0 Å². The van der Waals surface area contributed by atoms with Gasteiger partial charge >= 0.3 is 6.18 Å². The van der Waals surface area contributed by atoms with Gasteiger partial charge in [0.05, 0.1) is 17.7 Å². The second kappa shape index (κ2) is 12.1. The highest BCUT2D eigenvalue weighted by molar-refractivity contribution is 6.04. The van der Waals surface area contributed by atoms with Gasteiger partial charge in [0.2, 0.25) is 17.7 Å². The largest absolute Gasteiger partial charge is 0.437 e. The van der Waals surface area contributed by atoms with E-state index in [-0.39, 0.29) is 11.7 Å². The molecule has 0 aliphatic carbocycles. The van der Waals surface area contributed by atoms with Gasteiger partial charge in [-0.15, -0.1) is 0 Å². The molecule has 5 rings (SSSR count). The average molecular weight is 567 g/mol. The highest BCUT2D eigenvalue weighted by Gasteiger charge is 2.39. The van der Waals surface area contributed by atoms with Gasteiger partial charge in [0.15, 0.2) is 6.10 Å². The molecule has 1 aliphatic rings. The first-order chi connectivity index (χ1) is 19.7. The van der Waals surface area contributed by atoms with Crippen molar-refractivity contribution in [1.82, 2.24) is 20.3 Å². The van der Waals surface area contributed by atoms with Crippen LogP contribution in [0, 0.1) is 6.92 Å². The molecular formula is C29H29F3N6O3. The molecule has 1 saturated heterocycles. The number of nitrogens with zero attached hydrogens (tertiary/aromatic N) is 3. The fourth-order valence-corrected chi connectivity index (χ4v) is 4.68. The van der Waals surface area contributed by atoms with Crippen LogP contribution in [0.2, 0.25) is 0 Å². The van der Waals surface area contributed by atoms with Crippen molar-refractivity contribution in [3.05, 3.63) is 66.5 Å². The van der Waals surface area contributed by atoms with Crippen molar-refractivity contribution >= 4 is 28.3 Å². The van der Waals surface area contributed by atoms with Crippen LogP contribution >= 0.6 is 0 Å². The number of aliphatic hydroxyl groups is 1. The molecule has 0 saturated carbocycles. The molecule has 1 aliphatic heterocycles. The molecule has 1 fully saturated rings. The van der Waals surface area contributed by atoms with Crippen molar-refractivity contribution in [1.29, 1.82) is 0 Å². The zero-order chi connectivity index (χ0) is 29.0. The molecule has 4 N–H and O–H groups in total. The number of aromatic nitrogens is 3. The Labute approximate surface area is 234 Å². The third-order valence-corrected chi connectivity index (χ3v) is 6.77. The number of hydrogen-bond acceptors (Lipinski definition) is 8. The first-order valence-electron chi connectivity index (χ1n) is 13.2. The van der Waals surface area contributed by atoms with E-state index in [1.807, 2.05) is 13.0 Å². The van der Waals surface area contributed by atoms with E-state index >= 15 is 0 Å². The summed E-state index contributed by atoms with van der Waals surface area (Å²) in [5.74, 6) is 0.308. The van der Waals surface area contributed by atoms with Gasteiger partial charge in [-0.2, -0.15) is 13.2 Å². The van der Waals surface area contributed by atoms with E-state index in [1.165, 1.54) is 0 Å². The van der Waals surface area contributed by atoms with Crippen LogP contribution in [0.15, 0.2) is 60.9 Å². The summed E-state index contributed by atoms with van der Waals surface area (Å²) in [6.07, 6.45) is -3.38. The smallest absolute Gasteiger partial charge is 0.414 e. The molecule has 12 heteroatoms. The Kier molecular flexibility index (Phi) is 8.31. The van der Waals surface area contributed by atoms with Crippen molar-refractivity contribution in [3.8, 4) is 22.9 Å². The number of nitrogens with one attached hydrogen (secondary N) is 3. The Bertz CT molecular complexity index is 1540. The number of aliphatic hydroxyl groups excluding tert-OH is 1. The van der Waals surface area contributed by atoms with Crippen LogP contribution in [0.4, 0.5) is 24.8 Å². The maximum Gasteiger partial charge on any atom is 0.414 e. The number of halogens is 3. The number of aryl methyl sites for hydroxylation is 1. The van der Waals surface area contributed by atoms with Crippen LogP contribution in [0.5, 0.6) is 11.6 Å². The second-order valence-electron chi connectivity index (χ2n) is 9.83. The van der Waals surface area contributed by atoms with Gasteiger partial charge in [-0.25, -0.2) is 15.0 Å². The van der Waals surface area contributed by atoms with E-state index in [0.717, 1.165) is 31.5 Å². The number of benzene rings is 2. The van der Waals surface area contributed by atoms with E-state index in [4.69, 9.17) is 9.72 Å². The lowest BCUT2D eigenvalue weighted by Gasteiger charge is -2.23. The summed E-state index contributed by atoms with van der Waals surface area (Å²) in [6, 6.07) is 14.2. The minimum atomic E-state index is -4.89. The lowest BCUT2D eigenvalue weighted by molar-refractivity contribution is -0.205. The quantitative estimate of drug-likeness (QED) is 0.230. The lowest BCUT2D eigenvalue weighted by atomic mass is 10.0. The minimum Gasteiger partial charge on any atom is -0.437 e. The summed E-state index contributed by atoms with van der Waals surface area (Å²) in [7, 11) is 0. The van der Waals surface area contributed by atoms with E-state index in [0.29, 0.717) is 39.6 Å². The van der Waals surface area contributed by atoms with E-state index < -0.39 is 24.6 Å². The molecular weight excluding hydrogens is 537 g/mol. The number of alkyl halides is 3. The average Bonchev–Trinajstić information content (AvgIpc) is 2.95. The zero-order valence-electron chi connectivity index (χ0n) is 22.2. The molecule has 1 amide bonds. The summed E-state index contributed by atoms with van der Waals surface area (Å²) >= 11 is 0. The monoisotopic (exact) mass is 566 g/mol. The summed E-state index contributed by atoms with van der Waals surface area (Å²) in [5.41, 5.74) is 2.32. The molecule has 9 nitrogen and oxygen atoms in total. The van der Waals surface area contributed by atoms with Gasteiger partial charge in [-0.3, -0.25) is 4.79 Å². The van der Waals surface area contributed by atoms with Gasteiger partial charge < -0.3 is 25.8 Å². The normalized spacial score (nSPS) is 16.3. The van der Waals surface area contributed by atoms with Crippen LogP contribution in [-0.4, -0.2) is 57.4 Å². The first kappa shape index (κ1) is 28.2. The minimum absolute atomic E-state index is 0.230. The maximum atomic E-state index is 12.7. The summed E-state index contributed by atoms with van der Waals surface area (Å²) < 4.78 is 44.5. The molecule has 4 aromatic rings. The number of anilines is 2. The summed E-state index contributed by atoms with van der Waals surface area (Å²) in [5, 5.41) is 19.7. The maximum absolute atomic E-state index is 12.7. The number of hydrogen-bond donors (Lipinski definition) is 4. The summed E-state index contributed by atoms with van der Waals surface area (Å²) in [6.45, 7) is 3.69. The van der Waals surface area contributed by atoms with Gasteiger partial charge in [0, 0.05) is 41.4 Å². The van der Waals surface area contributed by atoms with E-state index in [2.05, 4.69) is 25.9 Å². The number of amides is 1. The Morgan fingerprint density at radius 3 is 2.76 bits per heavy atom. The number of fused-ring (bicyclic) bond motifs is 1. The predicted octanol–water partition coefficient (Wildman–Crippen LogP) is 5.21. The van der Waals surface area contributed by atoms with E-state index in [9.17, 15) is 23.1 Å². The van der Waals surface area contributed by atoms with Crippen LogP contribution in [0.1, 0.15) is 24.8 Å². The number of ether oxygens (including phenoxy) is 1. The fourth-order valence-electron chi connectivity index (χ4n) is 4.68. The molecule has 41 heavy (non-hydrogen) atoms. The highest BCUT2D eigenvalue weighted by atomic mass is 19.4. The fraction of sp³-hybridized carbons (Fsp3) is 0.310. The zero-order valence-corrected chi connectivity index (χ0v) is 22.2. The van der Waals surface area contributed by atoms with Crippen molar-refractivity contribution < 1.29 is 27.8 Å². The van der Waals surface area contributed by atoms with Gasteiger partial charge in [0.25, 0.3) is 0 Å². The Balaban J connectivity index is 1.43. The number of piperidine rings is 1. The predicted molar refractivity (Wildman–Crippen MR) is 149 cm³/mol.